The molecular formula is C14H21NO2S. The third kappa shape index (κ3) is 3.12. The van der Waals surface area contributed by atoms with Crippen molar-refractivity contribution in [1.29, 1.82) is 0 Å². The molecule has 0 aromatic carbocycles. The van der Waals surface area contributed by atoms with Crippen molar-refractivity contribution in [3.8, 4) is 0 Å². The normalized spacial score (nSPS) is 20.3. The second-order valence-electron chi connectivity index (χ2n) is 5.29. The first-order valence-corrected chi connectivity index (χ1v) is 7.45. The molecule has 1 aromatic rings. The highest BCUT2D eigenvalue weighted by Gasteiger charge is 2.21. The second kappa shape index (κ2) is 5.85. The molecule has 1 aromatic heterocycles. The largest absolute Gasteiger partial charge is 0.396 e. The van der Waals surface area contributed by atoms with Crippen molar-refractivity contribution in [2.75, 3.05) is 6.61 Å². The van der Waals surface area contributed by atoms with Crippen LogP contribution in [0.25, 0.3) is 0 Å². The number of amides is 1. The average molecular weight is 267 g/mol. The van der Waals surface area contributed by atoms with Gasteiger partial charge in [0.05, 0.1) is 4.88 Å². The van der Waals surface area contributed by atoms with Gasteiger partial charge in [-0.15, -0.1) is 11.3 Å². The summed E-state index contributed by atoms with van der Waals surface area (Å²) in [5.74, 6) is 0.735. The van der Waals surface area contributed by atoms with Gasteiger partial charge in [-0.3, -0.25) is 4.79 Å². The van der Waals surface area contributed by atoms with Crippen LogP contribution >= 0.6 is 11.3 Å². The van der Waals surface area contributed by atoms with E-state index in [0.717, 1.165) is 23.6 Å². The van der Waals surface area contributed by atoms with E-state index in [1.54, 1.807) is 11.3 Å². The van der Waals surface area contributed by atoms with Gasteiger partial charge in [0.2, 0.25) is 0 Å². The van der Waals surface area contributed by atoms with Crippen LogP contribution in [0.2, 0.25) is 0 Å². The second-order valence-corrected chi connectivity index (χ2v) is 6.43. The summed E-state index contributed by atoms with van der Waals surface area (Å²) >= 11 is 1.63. The van der Waals surface area contributed by atoms with Crippen LogP contribution in [0.15, 0.2) is 6.07 Å². The molecule has 1 aliphatic carbocycles. The van der Waals surface area contributed by atoms with Crippen LogP contribution in [0.5, 0.6) is 0 Å². The van der Waals surface area contributed by atoms with Crippen molar-refractivity contribution in [2.45, 2.75) is 45.6 Å². The van der Waals surface area contributed by atoms with Crippen molar-refractivity contribution in [1.82, 2.24) is 5.32 Å². The van der Waals surface area contributed by atoms with Crippen LogP contribution < -0.4 is 5.32 Å². The number of aliphatic hydroxyl groups is 1. The van der Waals surface area contributed by atoms with Crippen molar-refractivity contribution in [3.05, 3.63) is 21.4 Å². The molecule has 4 heteroatoms. The summed E-state index contributed by atoms with van der Waals surface area (Å²) in [5, 5.41) is 11.8. The summed E-state index contributed by atoms with van der Waals surface area (Å²) in [7, 11) is 0. The quantitative estimate of drug-likeness (QED) is 0.880. The minimum atomic E-state index is 0.00278. The Morgan fingerprint density at radius 1 is 1.67 bits per heavy atom. The molecule has 2 N–H and O–H groups in total. The molecule has 18 heavy (non-hydrogen) atoms. The molecule has 0 radical (unpaired) electrons. The van der Waals surface area contributed by atoms with Gasteiger partial charge in [0.15, 0.2) is 0 Å². The fraction of sp³-hybridized carbons (Fsp3) is 0.643. The van der Waals surface area contributed by atoms with Crippen LogP contribution in [0.3, 0.4) is 0 Å². The highest BCUT2D eigenvalue weighted by atomic mass is 32.1. The van der Waals surface area contributed by atoms with Crippen LogP contribution in [0.4, 0.5) is 0 Å². The summed E-state index contributed by atoms with van der Waals surface area (Å²) in [6.45, 7) is 4.30. The molecule has 0 fully saturated rings. The predicted molar refractivity (Wildman–Crippen MR) is 74.1 cm³/mol. The van der Waals surface area contributed by atoms with Gasteiger partial charge < -0.3 is 10.4 Å². The number of carbonyl (C=O) groups excluding carboxylic acids is 1. The van der Waals surface area contributed by atoms with E-state index in [1.807, 2.05) is 6.92 Å². The number of thiophene rings is 1. The minimum Gasteiger partial charge on any atom is -0.396 e. The molecule has 100 valence electrons. The topological polar surface area (TPSA) is 49.3 Å². The Labute approximate surface area is 112 Å². The highest BCUT2D eigenvalue weighted by molar-refractivity contribution is 7.14. The van der Waals surface area contributed by atoms with Crippen molar-refractivity contribution in [2.24, 2.45) is 5.92 Å². The molecule has 0 bridgehead atoms. The van der Waals surface area contributed by atoms with Crippen LogP contribution in [-0.4, -0.2) is 23.7 Å². The summed E-state index contributed by atoms with van der Waals surface area (Å²) in [6, 6.07) is 2.08. The molecule has 0 saturated carbocycles. The Morgan fingerprint density at radius 2 is 2.44 bits per heavy atom. The first-order chi connectivity index (χ1) is 8.60. The number of hydrogen-bond donors (Lipinski definition) is 2. The Bertz CT molecular complexity index is 427. The zero-order chi connectivity index (χ0) is 13.1. The maximum Gasteiger partial charge on any atom is 0.261 e. The van der Waals surface area contributed by atoms with Crippen LogP contribution in [0, 0.1) is 5.92 Å². The van der Waals surface area contributed by atoms with E-state index in [-0.39, 0.29) is 18.6 Å². The molecule has 0 aliphatic heterocycles. The van der Waals surface area contributed by atoms with Gasteiger partial charge in [-0.2, -0.15) is 0 Å². The molecule has 1 heterocycles. The highest BCUT2D eigenvalue weighted by Crippen LogP contribution is 2.32. The molecule has 3 nitrogen and oxygen atoms in total. The number of aliphatic hydroxyl groups excluding tert-OH is 1. The monoisotopic (exact) mass is 267 g/mol. The van der Waals surface area contributed by atoms with Gasteiger partial charge in [-0.1, -0.05) is 6.92 Å². The summed E-state index contributed by atoms with van der Waals surface area (Å²) < 4.78 is 0. The van der Waals surface area contributed by atoms with Gasteiger partial charge in [0.25, 0.3) is 5.91 Å². The van der Waals surface area contributed by atoms with E-state index in [9.17, 15) is 4.79 Å². The van der Waals surface area contributed by atoms with Gasteiger partial charge in [0.1, 0.15) is 0 Å². The minimum absolute atomic E-state index is 0.00278. The van der Waals surface area contributed by atoms with E-state index in [2.05, 4.69) is 18.3 Å². The molecule has 1 aliphatic rings. The maximum absolute atomic E-state index is 12.0. The summed E-state index contributed by atoms with van der Waals surface area (Å²) in [6.07, 6.45) is 4.05. The fourth-order valence-corrected chi connectivity index (χ4v) is 3.49. The number of hydrogen-bond acceptors (Lipinski definition) is 3. The number of rotatable bonds is 4. The van der Waals surface area contributed by atoms with Crippen molar-refractivity contribution < 1.29 is 9.90 Å². The first kappa shape index (κ1) is 13.6. The number of nitrogens with one attached hydrogen (secondary N) is 1. The van der Waals surface area contributed by atoms with Crippen LogP contribution in [-0.2, 0) is 12.8 Å². The van der Waals surface area contributed by atoms with Gasteiger partial charge in [0, 0.05) is 17.5 Å². The van der Waals surface area contributed by atoms with E-state index in [1.165, 1.54) is 16.9 Å². The van der Waals surface area contributed by atoms with Gasteiger partial charge in [-0.05, 0) is 50.2 Å². The van der Waals surface area contributed by atoms with Crippen molar-refractivity contribution >= 4 is 17.2 Å². The zero-order valence-electron chi connectivity index (χ0n) is 11.0. The summed E-state index contributed by atoms with van der Waals surface area (Å²) in [5.41, 5.74) is 1.36. The number of carbonyl (C=O) groups is 1. The standard InChI is InChI=1S/C14H21NO2S/c1-9-3-4-12-11(7-9)8-13(18-12)14(17)15-10(2)5-6-16/h8-10,16H,3-7H2,1-2H3,(H,15,17). The van der Waals surface area contributed by atoms with E-state index in [4.69, 9.17) is 5.11 Å². The number of fused-ring (bicyclic) bond motifs is 1. The molecule has 1 amide bonds. The predicted octanol–water partition coefficient (Wildman–Crippen LogP) is 2.37. The molecule has 2 atom stereocenters. The third-order valence-corrected chi connectivity index (χ3v) is 4.73. The number of aryl methyl sites for hydroxylation is 1. The van der Waals surface area contributed by atoms with E-state index < -0.39 is 0 Å². The SMILES string of the molecule is CC1CCc2sc(C(=O)NC(C)CCO)cc2C1. The lowest BCUT2D eigenvalue weighted by Crippen LogP contribution is -2.32. The Balaban J connectivity index is 2.03. The van der Waals surface area contributed by atoms with Crippen LogP contribution in [0.1, 0.15) is 46.8 Å². The molecule has 2 unspecified atom stereocenters. The molecule has 2 rings (SSSR count). The molecule has 0 saturated heterocycles. The molecular weight excluding hydrogens is 246 g/mol. The van der Waals surface area contributed by atoms with E-state index >= 15 is 0 Å². The lowest BCUT2D eigenvalue weighted by atomic mass is 9.90. The third-order valence-electron chi connectivity index (χ3n) is 3.49. The van der Waals surface area contributed by atoms with Gasteiger partial charge >= 0.3 is 0 Å². The lowest BCUT2D eigenvalue weighted by Gasteiger charge is -2.16. The fourth-order valence-electron chi connectivity index (χ4n) is 2.38. The Kier molecular flexibility index (Phi) is 4.40. The average Bonchev–Trinajstić information content (AvgIpc) is 2.72. The van der Waals surface area contributed by atoms with E-state index in [0.29, 0.717) is 6.42 Å². The first-order valence-electron chi connectivity index (χ1n) is 6.63. The maximum atomic E-state index is 12.0. The van der Waals surface area contributed by atoms with Crippen molar-refractivity contribution in [3.63, 3.8) is 0 Å². The Hall–Kier alpha value is -0.870. The van der Waals surface area contributed by atoms with Gasteiger partial charge in [-0.25, -0.2) is 0 Å². The Morgan fingerprint density at radius 3 is 3.17 bits per heavy atom. The lowest BCUT2D eigenvalue weighted by molar-refractivity contribution is 0.0938. The molecule has 0 spiro atoms. The zero-order valence-corrected chi connectivity index (χ0v) is 11.8. The summed E-state index contributed by atoms with van der Waals surface area (Å²) in [4.78, 5) is 14.2. The smallest absolute Gasteiger partial charge is 0.261 e.